The van der Waals surface area contributed by atoms with Crippen LogP contribution in [0.25, 0.3) is 0 Å². The van der Waals surface area contributed by atoms with E-state index in [9.17, 15) is 19.5 Å². The van der Waals surface area contributed by atoms with Crippen LogP contribution in [0.2, 0.25) is 0 Å². The van der Waals surface area contributed by atoms with Crippen LogP contribution in [0.3, 0.4) is 0 Å². The molecule has 36 heavy (non-hydrogen) atoms. The van der Waals surface area contributed by atoms with Crippen LogP contribution in [-0.4, -0.2) is 80.6 Å². The van der Waals surface area contributed by atoms with Gasteiger partial charge in [-0.1, -0.05) is 52.3 Å². The third kappa shape index (κ3) is 5.00. The lowest BCUT2D eigenvalue weighted by Gasteiger charge is -2.40. The molecule has 7 nitrogen and oxygen atoms in total. The fourth-order valence-electron chi connectivity index (χ4n) is 6.62. The average Bonchev–Trinajstić information content (AvgIpc) is 3.40. The van der Waals surface area contributed by atoms with Crippen molar-refractivity contribution in [2.45, 2.75) is 87.8 Å². The van der Waals surface area contributed by atoms with Gasteiger partial charge in [0.1, 0.15) is 12.6 Å². The molecule has 2 amide bonds. The van der Waals surface area contributed by atoms with Crippen LogP contribution < -0.4 is 0 Å². The normalized spacial score (nSPS) is 31.4. The lowest BCUT2D eigenvalue weighted by Crippen LogP contribution is -2.57. The Balaban J connectivity index is 2.08. The summed E-state index contributed by atoms with van der Waals surface area (Å²) in [5.41, 5.74) is 0. The van der Waals surface area contributed by atoms with Crippen LogP contribution in [-0.2, 0) is 19.1 Å². The van der Waals surface area contributed by atoms with E-state index < -0.39 is 39.4 Å². The molecule has 1 N–H and O–H groups in total. The second-order valence-electron chi connectivity index (χ2n) is 11.1. The number of nitrogens with zero attached hydrogens (tertiary/aromatic N) is 2. The highest BCUT2D eigenvalue weighted by Crippen LogP contribution is 2.71. The standard InChI is InChI=1S/C28H44N2O5S/c1-7-10-11-15-29(14-8-2)25(33)23-28-13-12-27(6,36-28)22(26(34)35-16-9-3)21(28)24(32)30(23)20(18-31)17-19(4)5/h8-9,19-23,31H,2-3,7,10-18H2,1,4-6H3/t20-,21+,22-,23?,27+,28?/m1/s1. The summed E-state index contributed by atoms with van der Waals surface area (Å²) >= 11 is 1.63. The molecular formula is C28H44N2O5S. The van der Waals surface area contributed by atoms with Gasteiger partial charge in [0.05, 0.1) is 29.2 Å². The zero-order chi connectivity index (χ0) is 26.7. The van der Waals surface area contributed by atoms with Crippen molar-refractivity contribution in [3.8, 4) is 0 Å². The molecule has 2 unspecified atom stereocenters. The van der Waals surface area contributed by atoms with Gasteiger partial charge in [-0.05, 0) is 38.5 Å². The highest BCUT2D eigenvalue weighted by atomic mass is 32.2. The third-order valence-corrected chi connectivity index (χ3v) is 10.1. The molecule has 0 aromatic rings. The number of likely N-dealkylation sites (tertiary alicyclic amines) is 1. The Bertz CT molecular complexity index is 863. The van der Waals surface area contributed by atoms with Crippen LogP contribution in [0.1, 0.15) is 66.2 Å². The Hall–Kier alpha value is -1.80. The molecule has 6 atom stereocenters. The fourth-order valence-corrected chi connectivity index (χ4v) is 8.94. The highest BCUT2D eigenvalue weighted by molar-refractivity contribution is 8.02. The summed E-state index contributed by atoms with van der Waals surface area (Å²) in [6, 6.07) is -1.21. The summed E-state index contributed by atoms with van der Waals surface area (Å²) in [5, 5.41) is 10.4. The summed E-state index contributed by atoms with van der Waals surface area (Å²) in [6.07, 6.45) is 8.19. The van der Waals surface area contributed by atoms with E-state index in [1.54, 1.807) is 22.7 Å². The molecule has 3 heterocycles. The molecule has 3 saturated heterocycles. The van der Waals surface area contributed by atoms with Crippen LogP contribution in [0.5, 0.6) is 0 Å². The largest absolute Gasteiger partial charge is 0.461 e. The molecule has 0 aliphatic carbocycles. The van der Waals surface area contributed by atoms with Gasteiger partial charge >= 0.3 is 5.97 Å². The van der Waals surface area contributed by atoms with Crippen molar-refractivity contribution in [3.63, 3.8) is 0 Å². The predicted molar refractivity (Wildman–Crippen MR) is 143 cm³/mol. The smallest absolute Gasteiger partial charge is 0.311 e. The third-order valence-electron chi connectivity index (χ3n) is 8.09. The first-order valence-corrected chi connectivity index (χ1v) is 14.2. The molecular weight excluding hydrogens is 476 g/mol. The van der Waals surface area contributed by atoms with Gasteiger partial charge in [-0.2, -0.15) is 0 Å². The van der Waals surface area contributed by atoms with Gasteiger partial charge in [-0.15, -0.1) is 18.3 Å². The second-order valence-corrected chi connectivity index (χ2v) is 13.0. The van der Waals surface area contributed by atoms with Gasteiger partial charge < -0.3 is 19.6 Å². The number of amides is 2. The molecule has 3 aliphatic heterocycles. The lowest BCUT2D eigenvalue weighted by atomic mass is 9.66. The summed E-state index contributed by atoms with van der Waals surface area (Å²) in [7, 11) is 0. The minimum absolute atomic E-state index is 0.0905. The first-order valence-electron chi connectivity index (χ1n) is 13.4. The van der Waals surface area contributed by atoms with Crippen LogP contribution in [0.15, 0.2) is 25.3 Å². The average molecular weight is 521 g/mol. The summed E-state index contributed by atoms with van der Waals surface area (Å²) in [6.45, 7) is 16.6. The molecule has 0 radical (unpaired) electrons. The van der Waals surface area contributed by atoms with Crippen molar-refractivity contribution in [1.82, 2.24) is 9.80 Å². The number of unbranched alkanes of at least 4 members (excludes halogenated alkanes) is 2. The fraction of sp³-hybridized carbons (Fsp3) is 0.750. The van der Waals surface area contributed by atoms with Gasteiger partial charge in [0.15, 0.2) is 0 Å². The number of carbonyl (C=O) groups is 3. The molecule has 1 spiro atoms. The SMILES string of the molecule is C=CCOC(=O)[C@H]1[C@H]2C(=O)N([C@@H](CO)CC(C)C)C(C(=O)N(CC=C)CCCCC)C23CC[C@]1(C)S3. The number of thioether (sulfide) groups is 1. The van der Waals surface area contributed by atoms with Crippen molar-refractivity contribution < 1.29 is 24.2 Å². The number of fused-ring (bicyclic) bond motifs is 1. The van der Waals surface area contributed by atoms with Gasteiger partial charge in [-0.3, -0.25) is 14.4 Å². The number of hydrogen-bond donors (Lipinski definition) is 1. The van der Waals surface area contributed by atoms with E-state index in [2.05, 4.69) is 20.1 Å². The molecule has 0 aromatic carbocycles. The number of hydrogen-bond acceptors (Lipinski definition) is 6. The molecule has 2 bridgehead atoms. The Kier molecular flexibility index (Phi) is 9.36. The Morgan fingerprint density at radius 3 is 2.58 bits per heavy atom. The number of esters is 1. The van der Waals surface area contributed by atoms with Crippen molar-refractivity contribution in [2.75, 3.05) is 26.3 Å². The van der Waals surface area contributed by atoms with Crippen molar-refractivity contribution in [3.05, 3.63) is 25.3 Å². The Morgan fingerprint density at radius 2 is 2.00 bits per heavy atom. The highest BCUT2D eigenvalue weighted by Gasteiger charge is 2.78. The maximum atomic E-state index is 14.3. The first kappa shape index (κ1) is 28.8. The van der Waals surface area contributed by atoms with Gasteiger partial charge in [-0.25, -0.2) is 0 Å². The maximum Gasteiger partial charge on any atom is 0.311 e. The molecule has 0 aromatic heterocycles. The maximum absolute atomic E-state index is 14.3. The Morgan fingerprint density at radius 1 is 1.28 bits per heavy atom. The van der Waals surface area contributed by atoms with Gasteiger partial charge in [0.25, 0.3) is 0 Å². The molecule has 3 aliphatic rings. The zero-order valence-corrected chi connectivity index (χ0v) is 23.2. The summed E-state index contributed by atoms with van der Waals surface area (Å²) < 4.78 is 4.30. The number of carbonyl (C=O) groups excluding carboxylic acids is 3. The van der Waals surface area contributed by atoms with E-state index in [-0.39, 0.29) is 30.9 Å². The summed E-state index contributed by atoms with van der Waals surface area (Å²) in [5.74, 6) is -1.73. The first-order chi connectivity index (χ1) is 17.1. The molecule has 8 heteroatoms. The van der Waals surface area contributed by atoms with Crippen LogP contribution >= 0.6 is 11.8 Å². The summed E-state index contributed by atoms with van der Waals surface area (Å²) in [4.78, 5) is 45.3. The predicted octanol–water partition coefficient (Wildman–Crippen LogP) is 3.81. The van der Waals surface area contributed by atoms with E-state index in [1.807, 2.05) is 25.7 Å². The molecule has 3 rings (SSSR count). The van der Waals surface area contributed by atoms with Crippen molar-refractivity contribution in [2.24, 2.45) is 17.8 Å². The monoisotopic (exact) mass is 520 g/mol. The molecule has 0 saturated carbocycles. The number of ether oxygens (including phenoxy) is 1. The second kappa shape index (κ2) is 11.7. The van der Waals surface area contributed by atoms with E-state index >= 15 is 0 Å². The van der Waals surface area contributed by atoms with Crippen LogP contribution in [0, 0.1) is 17.8 Å². The minimum atomic E-state index is -0.725. The minimum Gasteiger partial charge on any atom is -0.461 e. The molecule has 3 fully saturated rings. The zero-order valence-electron chi connectivity index (χ0n) is 22.4. The van der Waals surface area contributed by atoms with E-state index in [4.69, 9.17) is 4.74 Å². The van der Waals surface area contributed by atoms with E-state index in [0.717, 1.165) is 25.7 Å². The topological polar surface area (TPSA) is 87.1 Å². The van der Waals surface area contributed by atoms with Crippen molar-refractivity contribution >= 4 is 29.5 Å². The number of rotatable bonds is 14. The van der Waals surface area contributed by atoms with Crippen LogP contribution in [0.4, 0.5) is 0 Å². The Labute approximate surface area is 220 Å². The lowest BCUT2D eigenvalue weighted by molar-refractivity contribution is -0.155. The van der Waals surface area contributed by atoms with Gasteiger partial charge in [0, 0.05) is 17.8 Å². The van der Waals surface area contributed by atoms with Gasteiger partial charge in [0.2, 0.25) is 11.8 Å². The van der Waals surface area contributed by atoms with Crippen molar-refractivity contribution in [1.29, 1.82) is 0 Å². The number of aliphatic hydroxyl groups excluding tert-OH is 1. The molecule has 202 valence electrons. The number of aliphatic hydroxyl groups is 1. The quantitative estimate of drug-likeness (QED) is 0.213. The van der Waals surface area contributed by atoms with E-state index in [1.165, 1.54) is 6.08 Å². The van der Waals surface area contributed by atoms with E-state index in [0.29, 0.717) is 25.9 Å².